The molecule has 0 fully saturated rings. The lowest BCUT2D eigenvalue weighted by Gasteiger charge is -2.14. The van der Waals surface area contributed by atoms with Crippen LogP contribution in [0.1, 0.15) is 5.56 Å². The molecule has 0 bridgehead atoms. The van der Waals surface area contributed by atoms with E-state index in [1.54, 1.807) is 0 Å². The molecule has 0 saturated heterocycles. The maximum atomic E-state index is 13.7. The van der Waals surface area contributed by atoms with Gasteiger partial charge in [-0.05, 0) is 22.4 Å². The van der Waals surface area contributed by atoms with Crippen molar-refractivity contribution in [3.05, 3.63) is 46.0 Å². The first-order valence-corrected chi connectivity index (χ1v) is 5.84. The number of halogens is 4. The number of nitrogens with one attached hydrogen (secondary N) is 2. The molecule has 6 nitrogen and oxygen atoms in total. The molecule has 0 unspecified atom stereocenters. The van der Waals surface area contributed by atoms with Crippen molar-refractivity contribution in [3.63, 3.8) is 0 Å². The maximum Gasteiger partial charge on any atom is 0.418 e. The molecule has 1 aromatic carbocycles. The fourth-order valence-electron chi connectivity index (χ4n) is 1.87. The van der Waals surface area contributed by atoms with Gasteiger partial charge in [-0.15, -0.1) is 0 Å². The highest BCUT2D eigenvalue weighted by Gasteiger charge is 2.35. The van der Waals surface area contributed by atoms with Gasteiger partial charge in [-0.1, -0.05) is 6.07 Å². The van der Waals surface area contributed by atoms with Gasteiger partial charge in [-0.3, -0.25) is 4.79 Å². The number of anilines is 2. The van der Waals surface area contributed by atoms with Crippen LogP contribution in [0.2, 0.25) is 0 Å². The van der Waals surface area contributed by atoms with E-state index in [4.69, 9.17) is 0 Å². The summed E-state index contributed by atoms with van der Waals surface area (Å²) in [7, 11) is 0. The first-order valence-electron chi connectivity index (χ1n) is 5.84. The molecule has 0 aliphatic heterocycles. The number of alkyl halides is 3. The summed E-state index contributed by atoms with van der Waals surface area (Å²) in [4.78, 5) is 14.0. The Morgan fingerprint density at radius 2 is 2.00 bits per heavy atom. The maximum absolute atomic E-state index is 13.7. The van der Waals surface area contributed by atoms with E-state index in [-0.39, 0.29) is 16.9 Å². The van der Waals surface area contributed by atoms with Gasteiger partial charge in [0.2, 0.25) is 5.65 Å². The number of rotatable bonds is 2. The molecule has 0 atom stereocenters. The quantitative estimate of drug-likeness (QED) is 0.711. The molecule has 0 radical (unpaired) electrons. The summed E-state index contributed by atoms with van der Waals surface area (Å²) in [5.41, 5.74) is -3.06. The fraction of sp³-hybridized carbons (Fsp3) is 0.0833. The SMILES string of the molecule is O=c1[nH]c2nonc2cc1Nc1c(F)cccc1C(F)(F)F. The Kier molecular flexibility index (Phi) is 3.08. The van der Waals surface area contributed by atoms with Crippen molar-refractivity contribution in [3.8, 4) is 0 Å². The van der Waals surface area contributed by atoms with Crippen molar-refractivity contribution in [2.75, 3.05) is 5.32 Å². The molecule has 0 aliphatic carbocycles. The summed E-state index contributed by atoms with van der Waals surface area (Å²) < 4.78 is 56.8. The van der Waals surface area contributed by atoms with Crippen molar-refractivity contribution in [2.24, 2.45) is 0 Å². The Bertz CT molecular complexity index is 900. The second-order valence-electron chi connectivity index (χ2n) is 4.30. The van der Waals surface area contributed by atoms with Gasteiger partial charge >= 0.3 is 6.18 Å². The van der Waals surface area contributed by atoms with Gasteiger partial charge in [0, 0.05) is 6.07 Å². The summed E-state index contributed by atoms with van der Waals surface area (Å²) in [6.45, 7) is 0. The third-order valence-electron chi connectivity index (χ3n) is 2.85. The molecular weight excluding hydrogens is 308 g/mol. The number of nitrogens with zero attached hydrogens (tertiary/aromatic N) is 2. The van der Waals surface area contributed by atoms with E-state index in [9.17, 15) is 22.4 Å². The molecule has 3 rings (SSSR count). The second-order valence-corrected chi connectivity index (χ2v) is 4.30. The Morgan fingerprint density at radius 1 is 1.23 bits per heavy atom. The van der Waals surface area contributed by atoms with Gasteiger partial charge in [0.15, 0.2) is 5.52 Å². The van der Waals surface area contributed by atoms with Crippen LogP contribution in [0.5, 0.6) is 0 Å². The Morgan fingerprint density at radius 3 is 2.73 bits per heavy atom. The number of para-hydroxylation sites is 1. The highest BCUT2D eigenvalue weighted by Crippen LogP contribution is 2.37. The predicted molar refractivity (Wildman–Crippen MR) is 67.1 cm³/mol. The number of aromatic amines is 1. The smallest absolute Gasteiger partial charge is 0.348 e. The van der Waals surface area contributed by atoms with Crippen LogP contribution in [0.3, 0.4) is 0 Å². The first-order chi connectivity index (χ1) is 10.4. The minimum absolute atomic E-state index is 0.0279. The first kappa shape index (κ1) is 14.0. The molecule has 2 N–H and O–H groups in total. The van der Waals surface area contributed by atoms with E-state index >= 15 is 0 Å². The Balaban J connectivity index is 2.12. The lowest BCUT2D eigenvalue weighted by atomic mass is 10.1. The molecule has 22 heavy (non-hydrogen) atoms. The van der Waals surface area contributed by atoms with Crippen LogP contribution in [0.15, 0.2) is 33.7 Å². The largest absolute Gasteiger partial charge is 0.418 e. The Labute approximate surface area is 118 Å². The number of hydrogen-bond acceptors (Lipinski definition) is 5. The minimum atomic E-state index is -4.78. The molecule has 10 heteroatoms. The number of hydrogen-bond donors (Lipinski definition) is 2. The van der Waals surface area contributed by atoms with E-state index in [1.165, 1.54) is 0 Å². The van der Waals surface area contributed by atoms with Crippen LogP contribution in [-0.2, 0) is 6.18 Å². The molecule has 3 aromatic rings. The van der Waals surface area contributed by atoms with E-state index in [1.807, 2.05) is 0 Å². The van der Waals surface area contributed by atoms with E-state index in [2.05, 4.69) is 25.2 Å². The predicted octanol–water partition coefficient (Wildman–Crippen LogP) is 2.81. The van der Waals surface area contributed by atoms with Gasteiger partial charge < -0.3 is 10.3 Å². The van der Waals surface area contributed by atoms with E-state index in [0.717, 1.165) is 18.2 Å². The fourth-order valence-corrected chi connectivity index (χ4v) is 1.87. The number of H-pyrrole nitrogens is 1. The average molecular weight is 314 g/mol. The van der Waals surface area contributed by atoms with Crippen LogP contribution < -0.4 is 10.9 Å². The molecule has 0 amide bonds. The van der Waals surface area contributed by atoms with Crippen LogP contribution in [-0.4, -0.2) is 15.3 Å². The van der Waals surface area contributed by atoms with Gasteiger partial charge in [0.05, 0.1) is 11.3 Å². The standard InChI is InChI=1S/C12H6F4N4O2/c13-6-3-1-2-5(12(14,15)16)9(6)17-8-4-7-10(18-11(8)21)20-22-19-7/h1-4,17H,(H,18,20,21). The van der Waals surface area contributed by atoms with Crippen LogP contribution >= 0.6 is 0 Å². The Hall–Kier alpha value is -2.91. The van der Waals surface area contributed by atoms with Crippen molar-refractivity contribution < 1.29 is 22.2 Å². The third-order valence-corrected chi connectivity index (χ3v) is 2.85. The highest BCUT2D eigenvalue weighted by molar-refractivity contribution is 5.75. The van der Waals surface area contributed by atoms with Crippen molar-refractivity contribution in [1.29, 1.82) is 0 Å². The van der Waals surface area contributed by atoms with Gasteiger partial charge in [0.25, 0.3) is 5.56 Å². The second kappa shape index (κ2) is 4.83. The number of aromatic nitrogens is 3. The third kappa shape index (κ3) is 2.38. The molecule has 0 aliphatic rings. The monoisotopic (exact) mass is 314 g/mol. The average Bonchev–Trinajstić information content (AvgIpc) is 2.87. The number of benzene rings is 1. The topological polar surface area (TPSA) is 83.8 Å². The van der Waals surface area contributed by atoms with Crippen LogP contribution in [0.25, 0.3) is 11.2 Å². The molecule has 0 saturated carbocycles. The summed E-state index contributed by atoms with van der Waals surface area (Å²) >= 11 is 0. The van der Waals surface area contributed by atoms with E-state index in [0.29, 0.717) is 6.07 Å². The molecule has 2 aromatic heterocycles. The van der Waals surface area contributed by atoms with Crippen LogP contribution in [0.4, 0.5) is 28.9 Å². The zero-order valence-electron chi connectivity index (χ0n) is 10.5. The molecular formula is C12H6F4N4O2. The lowest BCUT2D eigenvalue weighted by Crippen LogP contribution is -2.15. The van der Waals surface area contributed by atoms with Crippen molar-refractivity contribution >= 4 is 22.5 Å². The number of fused-ring (bicyclic) bond motifs is 1. The summed E-state index contributed by atoms with van der Waals surface area (Å²) in [6, 6.07) is 3.59. The molecule has 0 spiro atoms. The molecule has 2 heterocycles. The van der Waals surface area contributed by atoms with Crippen LogP contribution in [0, 0.1) is 5.82 Å². The molecule has 114 valence electrons. The van der Waals surface area contributed by atoms with Gasteiger partial charge in [-0.25, -0.2) is 9.02 Å². The minimum Gasteiger partial charge on any atom is -0.348 e. The van der Waals surface area contributed by atoms with E-state index < -0.39 is 28.8 Å². The highest BCUT2D eigenvalue weighted by atomic mass is 19.4. The van der Waals surface area contributed by atoms with Crippen molar-refractivity contribution in [1.82, 2.24) is 15.3 Å². The summed E-state index contributed by atoms with van der Waals surface area (Å²) in [5, 5.41) is 8.97. The van der Waals surface area contributed by atoms with Gasteiger partial charge in [-0.2, -0.15) is 13.2 Å². The zero-order valence-corrected chi connectivity index (χ0v) is 10.5. The number of pyridine rings is 1. The lowest BCUT2D eigenvalue weighted by molar-refractivity contribution is -0.137. The van der Waals surface area contributed by atoms with Gasteiger partial charge in [0.1, 0.15) is 11.5 Å². The summed E-state index contributed by atoms with van der Waals surface area (Å²) in [5.74, 6) is -1.15. The normalized spacial score (nSPS) is 11.8. The zero-order chi connectivity index (χ0) is 15.9. The summed E-state index contributed by atoms with van der Waals surface area (Å²) in [6.07, 6.45) is -4.78. The van der Waals surface area contributed by atoms with Crippen molar-refractivity contribution in [2.45, 2.75) is 6.18 Å².